The van der Waals surface area contributed by atoms with Gasteiger partial charge in [0.1, 0.15) is 0 Å². The molecule has 8 rings (SSSR count). The molecular weight excluding hydrogens is 657 g/mol. The number of benzene rings is 4. The summed E-state index contributed by atoms with van der Waals surface area (Å²) < 4.78 is 0. The van der Waals surface area contributed by atoms with E-state index >= 15 is 0 Å². The molecule has 0 saturated carbocycles. The number of Topliss-reactive ketones (excluding diaryl/α,β-unsaturated/α-hetero) is 2. The van der Waals surface area contributed by atoms with E-state index in [9.17, 15) is 9.59 Å². The van der Waals surface area contributed by atoms with Crippen molar-refractivity contribution in [3.8, 4) is 0 Å². The fourth-order valence-corrected chi connectivity index (χ4v) is 9.41. The fourth-order valence-electron chi connectivity index (χ4n) is 9.41. The molecule has 2 nitrogen and oxygen atoms in total. The lowest BCUT2D eigenvalue weighted by molar-refractivity contribution is 0.100. The van der Waals surface area contributed by atoms with Crippen LogP contribution < -0.4 is 0 Å². The molecule has 288 valence electrons. The summed E-state index contributed by atoms with van der Waals surface area (Å²) in [5.41, 5.74) is 20.1. The van der Waals surface area contributed by atoms with Gasteiger partial charge in [-0.25, -0.2) is 0 Å². The van der Waals surface area contributed by atoms with Crippen LogP contribution in [0.15, 0.2) is 60.7 Å². The predicted molar refractivity (Wildman–Crippen MR) is 230 cm³/mol. The largest absolute Gasteiger partial charge is 0.295 e. The summed E-state index contributed by atoms with van der Waals surface area (Å²) >= 11 is 0. The van der Waals surface area contributed by atoms with Crippen molar-refractivity contribution in [2.45, 2.75) is 170 Å². The topological polar surface area (TPSA) is 34.1 Å². The molecule has 0 spiro atoms. The summed E-state index contributed by atoms with van der Waals surface area (Å²) in [5.74, 6) is 0.359. The average Bonchev–Trinajstić information content (AvgIpc) is 3.76. The first-order chi connectivity index (χ1) is 25.0. The zero-order chi connectivity index (χ0) is 40.0. The summed E-state index contributed by atoms with van der Waals surface area (Å²) in [7, 11) is 0. The highest BCUT2D eigenvalue weighted by atomic mass is 16.1. The molecule has 2 heteroatoms. The first-order valence-electron chi connectivity index (χ1n) is 20.5. The molecule has 0 aromatic heterocycles. The summed E-state index contributed by atoms with van der Waals surface area (Å²) in [6.45, 7) is 30.2. The highest BCUT2D eigenvalue weighted by molar-refractivity contribution is 5.96. The SMILES string of the molecule is CC(=O)c1cc2c(cc1C)C(C)(C)CC2.CC(=O)c1cc2c(cc1C)CCC2(C)C.Cc1ccc2c(c1)C(C)(C)CC2.Cc1ccc2c(c1)CCC2(C)C. The predicted octanol–water partition coefficient (Wildman–Crippen LogP) is 13.3. The Bertz CT molecular complexity index is 2060. The number of carbonyl (C=O) groups excluding carboxylic acids is 2. The van der Waals surface area contributed by atoms with Gasteiger partial charge in [0.2, 0.25) is 0 Å². The van der Waals surface area contributed by atoms with Gasteiger partial charge in [-0.15, -0.1) is 0 Å². The fraction of sp³-hybridized carbons (Fsp3) is 0.500. The van der Waals surface area contributed by atoms with Crippen molar-refractivity contribution in [2.75, 3.05) is 0 Å². The van der Waals surface area contributed by atoms with Gasteiger partial charge in [-0.1, -0.05) is 115 Å². The van der Waals surface area contributed by atoms with Gasteiger partial charge < -0.3 is 0 Å². The Kier molecular flexibility index (Phi) is 11.8. The molecule has 4 aromatic carbocycles. The lowest BCUT2D eigenvalue weighted by Crippen LogP contribution is -2.13. The van der Waals surface area contributed by atoms with Gasteiger partial charge in [0, 0.05) is 11.1 Å². The van der Waals surface area contributed by atoms with Crippen molar-refractivity contribution in [3.05, 3.63) is 139 Å². The van der Waals surface area contributed by atoms with Crippen molar-refractivity contribution in [3.63, 3.8) is 0 Å². The van der Waals surface area contributed by atoms with Crippen LogP contribution >= 0.6 is 0 Å². The third-order valence-electron chi connectivity index (χ3n) is 13.2. The third-order valence-corrected chi connectivity index (χ3v) is 13.2. The minimum Gasteiger partial charge on any atom is -0.295 e. The molecule has 0 heterocycles. The lowest BCUT2D eigenvalue weighted by atomic mass is 9.85. The van der Waals surface area contributed by atoms with Gasteiger partial charge in [-0.3, -0.25) is 9.59 Å². The normalized spacial score (nSPS) is 18.3. The van der Waals surface area contributed by atoms with Gasteiger partial charge >= 0.3 is 0 Å². The Balaban J connectivity index is 0.000000139. The molecule has 0 bridgehead atoms. The Morgan fingerprint density at radius 1 is 0.407 bits per heavy atom. The first kappa shape index (κ1) is 41.4. The molecule has 0 atom stereocenters. The van der Waals surface area contributed by atoms with Crippen molar-refractivity contribution in [2.24, 2.45) is 0 Å². The Morgan fingerprint density at radius 3 is 1.31 bits per heavy atom. The van der Waals surface area contributed by atoms with E-state index in [0.29, 0.717) is 10.8 Å². The number of hydrogen-bond donors (Lipinski definition) is 0. The van der Waals surface area contributed by atoms with Gasteiger partial charge in [-0.2, -0.15) is 0 Å². The molecule has 0 radical (unpaired) electrons. The van der Waals surface area contributed by atoms with E-state index < -0.39 is 0 Å². The molecule has 0 amide bonds. The van der Waals surface area contributed by atoms with Gasteiger partial charge in [-0.05, 0) is 182 Å². The van der Waals surface area contributed by atoms with Crippen LogP contribution in [0.5, 0.6) is 0 Å². The molecule has 0 fully saturated rings. The maximum Gasteiger partial charge on any atom is 0.160 e. The summed E-state index contributed by atoms with van der Waals surface area (Å²) in [4.78, 5) is 22.9. The maximum absolute atomic E-state index is 11.5. The maximum atomic E-state index is 11.5. The number of hydrogen-bond acceptors (Lipinski definition) is 2. The van der Waals surface area contributed by atoms with Crippen molar-refractivity contribution < 1.29 is 9.59 Å². The number of carbonyl (C=O) groups is 2. The van der Waals surface area contributed by atoms with Crippen molar-refractivity contribution in [1.29, 1.82) is 0 Å². The minimum absolute atomic E-state index is 0.179. The Labute approximate surface area is 328 Å². The molecule has 4 aliphatic rings. The molecule has 4 aromatic rings. The number of fused-ring (bicyclic) bond motifs is 4. The van der Waals surface area contributed by atoms with E-state index in [-0.39, 0.29) is 22.4 Å². The number of aryl methyl sites for hydroxylation is 8. The van der Waals surface area contributed by atoms with Crippen LogP contribution in [0, 0.1) is 27.7 Å². The zero-order valence-corrected chi connectivity index (χ0v) is 36.2. The van der Waals surface area contributed by atoms with Crippen LogP contribution in [0.25, 0.3) is 0 Å². The molecule has 0 aliphatic heterocycles. The van der Waals surface area contributed by atoms with Gasteiger partial charge in [0.05, 0.1) is 0 Å². The lowest BCUT2D eigenvalue weighted by Gasteiger charge is -2.19. The highest BCUT2D eigenvalue weighted by Crippen LogP contribution is 2.42. The molecule has 0 N–H and O–H groups in total. The van der Waals surface area contributed by atoms with Crippen molar-refractivity contribution in [1.82, 2.24) is 0 Å². The second-order valence-corrected chi connectivity index (χ2v) is 19.6. The Hall–Kier alpha value is -3.78. The van der Waals surface area contributed by atoms with Crippen LogP contribution in [0.2, 0.25) is 0 Å². The van der Waals surface area contributed by atoms with Crippen LogP contribution in [-0.4, -0.2) is 11.6 Å². The van der Waals surface area contributed by atoms with Crippen LogP contribution in [-0.2, 0) is 47.3 Å². The highest BCUT2D eigenvalue weighted by Gasteiger charge is 2.32. The van der Waals surface area contributed by atoms with Gasteiger partial charge in [0.15, 0.2) is 11.6 Å². The summed E-state index contributed by atoms with van der Waals surface area (Å²) in [6.07, 6.45) is 9.82. The van der Waals surface area contributed by atoms with E-state index in [1.807, 2.05) is 13.8 Å². The average molecular weight is 725 g/mol. The van der Waals surface area contributed by atoms with E-state index in [4.69, 9.17) is 0 Å². The van der Waals surface area contributed by atoms with Crippen LogP contribution in [0.1, 0.15) is 182 Å². The second-order valence-electron chi connectivity index (χ2n) is 19.6. The minimum atomic E-state index is 0.179. The molecule has 0 unspecified atom stereocenters. The van der Waals surface area contributed by atoms with E-state index in [2.05, 4.69) is 130 Å². The van der Waals surface area contributed by atoms with Crippen molar-refractivity contribution >= 4 is 11.6 Å². The van der Waals surface area contributed by atoms with Crippen LogP contribution in [0.3, 0.4) is 0 Å². The molecule has 4 aliphatic carbocycles. The second kappa shape index (κ2) is 15.4. The van der Waals surface area contributed by atoms with Gasteiger partial charge in [0.25, 0.3) is 0 Å². The molecule has 54 heavy (non-hydrogen) atoms. The number of rotatable bonds is 2. The summed E-state index contributed by atoms with van der Waals surface area (Å²) in [5, 5.41) is 0. The van der Waals surface area contributed by atoms with E-state index in [1.165, 1.54) is 71.9 Å². The zero-order valence-electron chi connectivity index (χ0n) is 36.2. The quantitative estimate of drug-likeness (QED) is 0.193. The molecular formula is C52H68O2. The standard InChI is InChI=1S/2C14H18O.2C12H16/c1-9-7-13-11(5-6-14(13,3)4)8-12(9)10(2)15;1-9-7-11-5-6-14(3,4)13(11)8-12(9)10(2)15;1-9-4-5-11-10(8-9)6-7-12(11,2)3;1-9-4-5-10-6-7-12(2,3)11(10)8-9/h2*7-8H,5-6H2,1-4H3;2*4-5,8H,6-7H2,1-3H3. The smallest absolute Gasteiger partial charge is 0.160 e. The summed E-state index contributed by atoms with van der Waals surface area (Å²) in [6, 6.07) is 22.3. The van der Waals surface area contributed by atoms with E-state index in [0.717, 1.165) is 35.1 Å². The third kappa shape index (κ3) is 8.85. The van der Waals surface area contributed by atoms with E-state index in [1.54, 1.807) is 36.1 Å². The Morgan fingerprint density at radius 2 is 0.778 bits per heavy atom. The van der Waals surface area contributed by atoms with Crippen LogP contribution in [0.4, 0.5) is 0 Å². The monoisotopic (exact) mass is 725 g/mol. The molecule has 0 saturated heterocycles. The first-order valence-corrected chi connectivity index (χ1v) is 20.5. The number of ketones is 2.